The molecule has 3 rings (SSSR count). The highest BCUT2D eigenvalue weighted by Crippen LogP contribution is 2.29. The zero-order valence-corrected chi connectivity index (χ0v) is 12.5. The maximum Gasteiger partial charge on any atom is 0.322 e. The Balaban J connectivity index is 1.72. The van der Waals surface area contributed by atoms with Crippen molar-refractivity contribution in [3.05, 3.63) is 29.3 Å². The zero-order chi connectivity index (χ0) is 14.7. The van der Waals surface area contributed by atoms with Gasteiger partial charge in [0.1, 0.15) is 0 Å². The van der Waals surface area contributed by atoms with Crippen molar-refractivity contribution in [1.29, 1.82) is 0 Å². The third-order valence-corrected chi connectivity index (χ3v) is 4.74. The Kier molecular flexibility index (Phi) is 4.44. The predicted octanol–water partition coefficient (Wildman–Crippen LogP) is 2.94. The van der Waals surface area contributed by atoms with E-state index in [0.29, 0.717) is 6.42 Å². The number of aliphatic hydroxyl groups is 1. The molecule has 1 atom stereocenters. The SMILES string of the molecule is O=C(Nc1cccc2c1CCC2)N1CCCC[C@@H]1CCO. The van der Waals surface area contributed by atoms with E-state index in [1.54, 1.807) is 0 Å². The summed E-state index contributed by atoms with van der Waals surface area (Å²) in [6, 6.07) is 6.37. The van der Waals surface area contributed by atoms with Crippen molar-refractivity contribution in [2.75, 3.05) is 18.5 Å². The van der Waals surface area contributed by atoms with Crippen LogP contribution in [0.25, 0.3) is 0 Å². The summed E-state index contributed by atoms with van der Waals surface area (Å²) in [5, 5.41) is 12.3. The van der Waals surface area contributed by atoms with E-state index in [0.717, 1.165) is 44.3 Å². The van der Waals surface area contributed by atoms with Crippen molar-refractivity contribution in [2.45, 2.75) is 51.0 Å². The van der Waals surface area contributed by atoms with Crippen LogP contribution in [-0.4, -0.2) is 35.2 Å². The normalized spacial score (nSPS) is 21.2. The molecule has 2 N–H and O–H groups in total. The molecule has 1 saturated heterocycles. The van der Waals surface area contributed by atoms with Crippen molar-refractivity contribution >= 4 is 11.7 Å². The molecule has 21 heavy (non-hydrogen) atoms. The number of fused-ring (bicyclic) bond motifs is 1. The molecule has 1 fully saturated rings. The summed E-state index contributed by atoms with van der Waals surface area (Å²) in [6.45, 7) is 0.945. The summed E-state index contributed by atoms with van der Waals surface area (Å²) in [5.41, 5.74) is 3.66. The number of hydrogen-bond donors (Lipinski definition) is 2. The molecule has 1 aromatic carbocycles. The molecule has 1 heterocycles. The first-order chi connectivity index (χ1) is 10.3. The van der Waals surface area contributed by atoms with Crippen LogP contribution in [-0.2, 0) is 12.8 Å². The average molecular weight is 288 g/mol. The first-order valence-corrected chi connectivity index (χ1v) is 8.09. The lowest BCUT2D eigenvalue weighted by molar-refractivity contribution is 0.141. The summed E-state index contributed by atoms with van der Waals surface area (Å²) < 4.78 is 0. The molecule has 0 radical (unpaired) electrons. The summed E-state index contributed by atoms with van der Waals surface area (Å²) in [6.07, 6.45) is 7.25. The van der Waals surface area contributed by atoms with Gasteiger partial charge < -0.3 is 15.3 Å². The standard InChI is InChI=1S/C17H24N2O2/c20-12-10-14-7-1-2-11-19(14)17(21)18-16-9-4-6-13-5-3-8-15(13)16/h4,6,9,14,20H,1-3,5,7-8,10-12H2,(H,18,21)/t14-/m1/s1. The number of nitrogens with zero attached hydrogens (tertiary/aromatic N) is 1. The summed E-state index contributed by atoms with van der Waals surface area (Å²) in [5.74, 6) is 0. The van der Waals surface area contributed by atoms with E-state index in [9.17, 15) is 9.90 Å². The van der Waals surface area contributed by atoms with Gasteiger partial charge in [0.15, 0.2) is 0 Å². The summed E-state index contributed by atoms with van der Waals surface area (Å²) in [7, 11) is 0. The largest absolute Gasteiger partial charge is 0.396 e. The number of rotatable bonds is 3. The number of nitrogens with one attached hydrogen (secondary N) is 1. The molecule has 4 nitrogen and oxygen atoms in total. The molecule has 2 aliphatic rings. The van der Waals surface area contributed by atoms with Gasteiger partial charge in [-0.1, -0.05) is 12.1 Å². The van der Waals surface area contributed by atoms with Crippen molar-refractivity contribution in [1.82, 2.24) is 4.90 Å². The lowest BCUT2D eigenvalue weighted by Crippen LogP contribution is -2.46. The van der Waals surface area contributed by atoms with Crippen LogP contribution in [0.2, 0.25) is 0 Å². The van der Waals surface area contributed by atoms with Crippen LogP contribution in [0.5, 0.6) is 0 Å². The highest BCUT2D eigenvalue weighted by Gasteiger charge is 2.27. The highest BCUT2D eigenvalue weighted by atomic mass is 16.3. The van der Waals surface area contributed by atoms with Crippen LogP contribution in [0, 0.1) is 0 Å². The van der Waals surface area contributed by atoms with Crippen LogP contribution in [0.1, 0.15) is 43.2 Å². The first-order valence-electron chi connectivity index (χ1n) is 8.09. The van der Waals surface area contributed by atoms with Gasteiger partial charge in [0.05, 0.1) is 0 Å². The molecular weight excluding hydrogens is 264 g/mol. The van der Waals surface area contributed by atoms with Gasteiger partial charge in [-0.25, -0.2) is 4.79 Å². The molecule has 1 aliphatic heterocycles. The van der Waals surface area contributed by atoms with Crippen LogP contribution >= 0.6 is 0 Å². The Hall–Kier alpha value is -1.55. The second-order valence-electron chi connectivity index (χ2n) is 6.08. The maximum atomic E-state index is 12.6. The molecule has 0 aromatic heterocycles. The minimum absolute atomic E-state index is 0.00606. The molecule has 0 bridgehead atoms. The average Bonchev–Trinajstić information content (AvgIpc) is 2.98. The quantitative estimate of drug-likeness (QED) is 0.898. The van der Waals surface area contributed by atoms with E-state index in [1.807, 2.05) is 17.0 Å². The molecule has 0 spiro atoms. The van der Waals surface area contributed by atoms with Crippen LogP contribution in [0.3, 0.4) is 0 Å². The third-order valence-electron chi connectivity index (χ3n) is 4.74. The molecule has 1 aliphatic carbocycles. The van der Waals surface area contributed by atoms with E-state index < -0.39 is 0 Å². The molecule has 2 amide bonds. The van der Waals surface area contributed by atoms with Gasteiger partial charge >= 0.3 is 6.03 Å². The van der Waals surface area contributed by atoms with Crippen molar-refractivity contribution in [3.8, 4) is 0 Å². The van der Waals surface area contributed by atoms with Crippen LogP contribution in [0.15, 0.2) is 18.2 Å². The lowest BCUT2D eigenvalue weighted by atomic mass is 10.00. The summed E-state index contributed by atoms with van der Waals surface area (Å²) in [4.78, 5) is 14.5. The van der Waals surface area contributed by atoms with Gasteiger partial charge in [0.2, 0.25) is 0 Å². The number of carbonyl (C=O) groups excluding carboxylic acids is 1. The second kappa shape index (κ2) is 6.48. The van der Waals surface area contributed by atoms with Crippen molar-refractivity contribution in [3.63, 3.8) is 0 Å². The molecular formula is C17H24N2O2. The highest BCUT2D eigenvalue weighted by molar-refractivity contribution is 5.90. The van der Waals surface area contributed by atoms with E-state index in [-0.39, 0.29) is 18.7 Å². The smallest absolute Gasteiger partial charge is 0.322 e. The summed E-state index contributed by atoms with van der Waals surface area (Å²) >= 11 is 0. The van der Waals surface area contributed by atoms with Crippen LogP contribution < -0.4 is 5.32 Å². The minimum atomic E-state index is -0.00606. The Labute approximate surface area is 126 Å². The van der Waals surface area contributed by atoms with Gasteiger partial charge in [0.25, 0.3) is 0 Å². The van der Waals surface area contributed by atoms with E-state index in [2.05, 4.69) is 11.4 Å². The fraction of sp³-hybridized carbons (Fsp3) is 0.588. The van der Waals surface area contributed by atoms with Crippen LogP contribution in [0.4, 0.5) is 10.5 Å². The molecule has 1 aromatic rings. The minimum Gasteiger partial charge on any atom is -0.396 e. The monoisotopic (exact) mass is 288 g/mol. The molecule has 0 unspecified atom stereocenters. The van der Waals surface area contributed by atoms with Gasteiger partial charge in [0, 0.05) is 24.9 Å². The Bertz CT molecular complexity index is 514. The Morgan fingerprint density at radius 2 is 2.19 bits per heavy atom. The fourth-order valence-corrected chi connectivity index (χ4v) is 3.64. The third kappa shape index (κ3) is 3.05. The first kappa shape index (κ1) is 14.4. The van der Waals surface area contributed by atoms with Crippen molar-refractivity contribution < 1.29 is 9.90 Å². The van der Waals surface area contributed by atoms with Gasteiger partial charge in [-0.15, -0.1) is 0 Å². The Morgan fingerprint density at radius 3 is 3.05 bits per heavy atom. The molecule has 4 heteroatoms. The number of anilines is 1. The maximum absolute atomic E-state index is 12.6. The number of aryl methyl sites for hydroxylation is 1. The van der Waals surface area contributed by atoms with Gasteiger partial charge in [-0.2, -0.15) is 0 Å². The van der Waals surface area contributed by atoms with Gasteiger partial charge in [-0.3, -0.25) is 0 Å². The van der Waals surface area contributed by atoms with Gasteiger partial charge in [-0.05, 0) is 62.1 Å². The fourth-order valence-electron chi connectivity index (χ4n) is 3.64. The van der Waals surface area contributed by atoms with E-state index in [1.165, 1.54) is 17.5 Å². The lowest BCUT2D eigenvalue weighted by Gasteiger charge is -2.35. The van der Waals surface area contributed by atoms with E-state index in [4.69, 9.17) is 0 Å². The zero-order valence-electron chi connectivity index (χ0n) is 12.5. The van der Waals surface area contributed by atoms with E-state index >= 15 is 0 Å². The predicted molar refractivity (Wildman–Crippen MR) is 83.5 cm³/mol. The molecule has 114 valence electrons. The number of piperidine rings is 1. The number of benzene rings is 1. The molecule has 0 saturated carbocycles. The number of aliphatic hydroxyl groups excluding tert-OH is 1. The number of likely N-dealkylation sites (tertiary alicyclic amines) is 1. The number of hydrogen-bond acceptors (Lipinski definition) is 2. The van der Waals surface area contributed by atoms with Crippen molar-refractivity contribution in [2.24, 2.45) is 0 Å². The number of urea groups is 1. The Morgan fingerprint density at radius 1 is 1.29 bits per heavy atom. The number of carbonyl (C=O) groups is 1. The topological polar surface area (TPSA) is 52.6 Å². The second-order valence-corrected chi connectivity index (χ2v) is 6.08. The number of amides is 2.